The molecule has 0 aliphatic heterocycles. The van der Waals surface area contributed by atoms with E-state index in [1.165, 1.54) is 38.9 Å². The molecule has 0 nitrogen and oxygen atoms in total. The highest BCUT2D eigenvalue weighted by atomic mass is 14.1. The summed E-state index contributed by atoms with van der Waals surface area (Å²) in [4.78, 5) is 0. The normalized spacial score (nSPS) is 12.2. The van der Waals surface area contributed by atoms with E-state index in [0.717, 1.165) is 32.1 Å². The van der Waals surface area contributed by atoms with Crippen molar-refractivity contribution in [2.24, 2.45) is 0 Å². The lowest BCUT2D eigenvalue weighted by Crippen LogP contribution is -1.99. The van der Waals surface area contributed by atoms with Gasteiger partial charge in [0.1, 0.15) is 0 Å². The van der Waals surface area contributed by atoms with Gasteiger partial charge in [-0.05, 0) is 83.9 Å². The van der Waals surface area contributed by atoms with Crippen molar-refractivity contribution >= 4 is 0 Å². The summed E-state index contributed by atoms with van der Waals surface area (Å²) in [5.74, 6) is 0.542. The van der Waals surface area contributed by atoms with Crippen molar-refractivity contribution in [3.05, 3.63) is 143 Å². The molecule has 0 heterocycles. The Labute approximate surface area is 206 Å². The number of rotatable bonds is 10. The average molecular weight is 445 g/mol. The second kappa shape index (κ2) is 12.2. The van der Waals surface area contributed by atoms with Gasteiger partial charge in [0.2, 0.25) is 0 Å². The molecule has 0 aromatic heterocycles. The van der Waals surface area contributed by atoms with Gasteiger partial charge in [-0.1, -0.05) is 122 Å². The van der Waals surface area contributed by atoms with Crippen LogP contribution in [0.3, 0.4) is 0 Å². The predicted molar refractivity (Wildman–Crippen MR) is 147 cm³/mol. The lowest BCUT2D eigenvalue weighted by atomic mass is 9.93. The molecular formula is C34H36. The predicted octanol–water partition coefficient (Wildman–Crippen LogP) is 8.99. The van der Waals surface area contributed by atoms with Crippen LogP contribution in [-0.4, -0.2) is 0 Å². The molecule has 0 bridgehead atoms. The summed E-state index contributed by atoms with van der Waals surface area (Å²) in [6.45, 7) is 4.39. The molecule has 4 aromatic carbocycles. The van der Waals surface area contributed by atoms with Crippen molar-refractivity contribution in [2.45, 2.75) is 51.9 Å². The lowest BCUT2D eigenvalue weighted by Gasteiger charge is -2.12. The topological polar surface area (TPSA) is 0 Å². The van der Waals surface area contributed by atoms with Crippen LogP contribution in [0.2, 0.25) is 0 Å². The van der Waals surface area contributed by atoms with Gasteiger partial charge < -0.3 is 0 Å². The van der Waals surface area contributed by atoms with Crippen LogP contribution in [0.15, 0.2) is 115 Å². The van der Waals surface area contributed by atoms with Crippen molar-refractivity contribution in [3.8, 4) is 11.1 Å². The first kappa shape index (κ1) is 23.8. The third kappa shape index (κ3) is 6.81. The largest absolute Gasteiger partial charge is 0.0917 e. The number of hydrogen-bond acceptors (Lipinski definition) is 0. The summed E-state index contributed by atoms with van der Waals surface area (Å²) in [5.41, 5.74) is 9.62. The SMILES string of the molecule is CC=CCCc1ccc(-c2ccc(CCc3ccc(C[C@H](C)c4ccccc4)cc3)cc2)cc1. The fourth-order valence-corrected chi connectivity index (χ4v) is 4.53. The summed E-state index contributed by atoms with van der Waals surface area (Å²) in [6, 6.07) is 38.1. The number of aryl methyl sites for hydroxylation is 3. The van der Waals surface area contributed by atoms with Crippen LogP contribution in [0.4, 0.5) is 0 Å². The van der Waals surface area contributed by atoms with Crippen LogP contribution in [0.25, 0.3) is 11.1 Å². The monoisotopic (exact) mass is 444 g/mol. The van der Waals surface area contributed by atoms with Crippen LogP contribution in [0, 0.1) is 0 Å². The van der Waals surface area contributed by atoms with Crippen LogP contribution in [-0.2, 0) is 25.7 Å². The van der Waals surface area contributed by atoms with Gasteiger partial charge in [0.15, 0.2) is 0 Å². The van der Waals surface area contributed by atoms with E-state index >= 15 is 0 Å². The minimum Gasteiger partial charge on any atom is -0.0917 e. The second-order valence-electron chi connectivity index (χ2n) is 9.33. The third-order valence-electron chi connectivity index (χ3n) is 6.71. The highest BCUT2D eigenvalue weighted by molar-refractivity contribution is 5.64. The highest BCUT2D eigenvalue weighted by Gasteiger charge is 2.06. The van der Waals surface area contributed by atoms with Gasteiger partial charge in [0.25, 0.3) is 0 Å². The molecule has 0 radical (unpaired) electrons. The fourth-order valence-electron chi connectivity index (χ4n) is 4.53. The van der Waals surface area contributed by atoms with Crippen LogP contribution in [0.1, 0.15) is 54.0 Å². The summed E-state index contributed by atoms with van der Waals surface area (Å²) < 4.78 is 0. The molecule has 0 N–H and O–H groups in total. The molecule has 34 heavy (non-hydrogen) atoms. The van der Waals surface area contributed by atoms with Gasteiger partial charge in [0, 0.05) is 0 Å². The van der Waals surface area contributed by atoms with E-state index < -0.39 is 0 Å². The third-order valence-corrected chi connectivity index (χ3v) is 6.71. The summed E-state index contributed by atoms with van der Waals surface area (Å²) >= 11 is 0. The Balaban J connectivity index is 1.28. The van der Waals surface area contributed by atoms with E-state index in [4.69, 9.17) is 0 Å². The first-order chi connectivity index (χ1) is 16.7. The highest BCUT2D eigenvalue weighted by Crippen LogP contribution is 2.23. The van der Waals surface area contributed by atoms with Crippen LogP contribution >= 0.6 is 0 Å². The Morgan fingerprint density at radius 3 is 1.56 bits per heavy atom. The summed E-state index contributed by atoms with van der Waals surface area (Å²) in [7, 11) is 0. The molecule has 0 saturated carbocycles. The summed E-state index contributed by atoms with van der Waals surface area (Å²) in [6.07, 6.45) is 9.81. The van der Waals surface area contributed by atoms with Crippen molar-refractivity contribution in [3.63, 3.8) is 0 Å². The molecule has 0 heteroatoms. The fraction of sp³-hybridized carbons (Fsp3) is 0.235. The zero-order chi connectivity index (χ0) is 23.6. The minimum atomic E-state index is 0.542. The second-order valence-corrected chi connectivity index (χ2v) is 9.33. The molecule has 0 aliphatic rings. The van der Waals surface area contributed by atoms with E-state index in [9.17, 15) is 0 Å². The van der Waals surface area contributed by atoms with Gasteiger partial charge in [-0.15, -0.1) is 0 Å². The molecular weight excluding hydrogens is 408 g/mol. The van der Waals surface area contributed by atoms with Gasteiger partial charge in [-0.2, -0.15) is 0 Å². The molecule has 0 spiro atoms. The molecule has 0 saturated heterocycles. The van der Waals surface area contributed by atoms with Gasteiger partial charge >= 0.3 is 0 Å². The molecule has 4 rings (SSSR count). The number of hydrogen-bond donors (Lipinski definition) is 0. The molecule has 1 atom stereocenters. The molecule has 0 aliphatic carbocycles. The van der Waals surface area contributed by atoms with Gasteiger partial charge in [-0.25, -0.2) is 0 Å². The molecule has 0 fully saturated rings. The van der Waals surface area contributed by atoms with Crippen LogP contribution in [0.5, 0.6) is 0 Å². The van der Waals surface area contributed by atoms with Crippen molar-refractivity contribution < 1.29 is 0 Å². The van der Waals surface area contributed by atoms with E-state index in [-0.39, 0.29) is 0 Å². The Kier molecular flexibility index (Phi) is 8.52. The van der Waals surface area contributed by atoms with E-state index in [1.807, 2.05) is 0 Å². The molecule has 0 unspecified atom stereocenters. The van der Waals surface area contributed by atoms with E-state index in [2.05, 4.69) is 129 Å². The maximum atomic E-state index is 2.31. The minimum absolute atomic E-state index is 0.542. The summed E-state index contributed by atoms with van der Waals surface area (Å²) in [5, 5.41) is 0. The van der Waals surface area contributed by atoms with Gasteiger partial charge in [0.05, 0.1) is 0 Å². The quantitative estimate of drug-likeness (QED) is 0.214. The smallest absolute Gasteiger partial charge is 0.0150 e. The van der Waals surface area contributed by atoms with Crippen molar-refractivity contribution in [1.29, 1.82) is 0 Å². The zero-order valence-corrected chi connectivity index (χ0v) is 20.6. The lowest BCUT2D eigenvalue weighted by molar-refractivity contribution is 0.758. The van der Waals surface area contributed by atoms with Crippen molar-refractivity contribution in [1.82, 2.24) is 0 Å². The average Bonchev–Trinajstić information content (AvgIpc) is 2.90. The number of benzene rings is 4. The van der Waals surface area contributed by atoms with Crippen molar-refractivity contribution in [2.75, 3.05) is 0 Å². The first-order valence-electron chi connectivity index (χ1n) is 12.6. The molecule has 4 aromatic rings. The van der Waals surface area contributed by atoms with E-state index in [0.29, 0.717) is 5.92 Å². The molecule has 172 valence electrons. The van der Waals surface area contributed by atoms with E-state index in [1.54, 1.807) is 0 Å². The number of allylic oxidation sites excluding steroid dienone is 2. The van der Waals surface area contributed by atoms with Gasteiger partial charge in [-0.3, -0.25) is 0 Å². The Hall–Kier alpha value is -3.38. The standard InChI is InChI=1S/C34H36/c1-3-4-6-9-28-18-22-33(23-19-28)34-24-20-30(21-25-34)13-12-29-14-16-31(17-15-29)26-27(2)32-10-7-5-8-11-32/h3-5,7-8,10-11,14-25,27H,6,9,12-13,26H2,1-2H3/t27-/m0/s1. The Morgan fingerprint density at radius 2 is 1.03 bits per heavy atom. The Morgan fingerprint density at radius 1 is 0.559 bits per heavy atom. The Bertz CT molecular complexity index is 1150. The van der Waals surface area contributed by atoms with Crippen LogP contribution < -0.4 is 0 Å². The molecule has 0 amide bonds. The first-order valence-corrected chi connectivity index (χ1v) is 12.6. The maximum Gasteiger partial charge on any atom is -0.0150 e. The maximum absolute atomic E-state index is 2.31. The zero-order valence-electron chi connectivity index (χ0n) is 20.6.